The molecule has 0 aliphatic heterocycles. The van der Waals surface area contributed by atoms with Gasteiger partial charge in [0.25, 0.3) is 5.91 Å². The van der Waals surface area contributed by atoms with E-state index in [1.54, 1.807) is 0 Å². The zero-order valence-electron chi connectivity index (χ0n) is 6.93. The summed E-state index contributed by atoms with van der Waals surface area (Å²) in [5, 5.41) is 19.8. The molecule has 1 heterocycles. The van der Waals surface area contributed by atoms with Crippen molar-refractivity contribution < 1.29 is 19.4 Å². The van der Waals surface area contributed by atoms with Crippen LogP contribution in [0.1, 0.15) is 10.4 Å². The first-order valence-corrected chi connectivity index (χ1v) is 3.83. The molecule has 13 heavy (non-hydrogen) atoms. The van der Waals surface area contributed by atoms with Gasteiger partial charge in [-0.15, -0.1) is 0 Å². The molecule has 5 heteroatoms. The fourth-order valence-corrected chi connectivity index (χ4v) is 0.771. The zero-order valence-corrected chi connectivity index (χ0v) is 6.93. The fourth-order valence-electron chi connectivity index (χ4n) is 0.771. The molecule has 72 valence electrons. The van der Waals surface area contributed by atoms with Crippen LogP contribution < -0.4 is 5.32 Å². The Morgan fingerprint density at radius 1 is 1.69 bits per heavy atom. The van der Waals surface area contributed by atoms with Crippen molar-refractivity contribution >= 4 is 5.91 Å². The summed E-state index contributed by atoms with van der Waals surface area (Å²) < 4.78 is 4.70. The molecule has 3 N–H and O–H groups in total. The molecule has 1 aromatic rings. The van der Waals surface area contributed by atoms with Gasteiger partial charge in [0.2, 0.25) is 0 Å². The lowest BCUT2D eigenvalue weighted by molar-refractivity contribution is 0.0801. The Morgan fingerprint density at radius 3 is 3.00 bits per heavy atom. The maximum atomic E-state index is 11.2. The van der Waals surface area contributed by atoms with E-state index >= 15 is 0 Å². The molecule has 0 saturated carbocycles. The second-order valence-electron chi connectivity index (χ2n) is 2.56. The van der Waals surface area contributed by atoms with Gasteiger partial charge in [-0.05, 0) is 6.07 Å². The van der Waals surface area contributed by atoms with Crippen LogP contribution in [0.4, 0.5) is 0 Å². The van der Waals surface area contributed by atoms with Crippen molar-refractivity contribution in [2.24, 2.45) is 0 Å². The van der Waals surface area contributed by atoms with E-state index in [1.165, 1.54) is 18.6 Å². The van der Waals surface area contributed by atoms with Crippen LogP contribution in [-0.2, 0) is 0 Å². The normalized spacial score (nSPS) is 12.5. The Balaban J connectivity index is 2.35. The zero-order chi connectivity index (χ0) is 9.68. The van der Waals surface area contributed by atoms with Gasteiger partial charge in [0.15, 0.2) is 0 Å². The fraction of sp³-hybridized carbons (Fsp3) is 0.375. The molecule has 0 bridgehead atoms. The number of hydrogen-bond donors (Lipinski definition) is 3. The lowest BCUT2D eigenvalue weighted by Crippen LogP contribution is -2.33. The van der Waals surface area contributed by atoms with Gasteiger partial charge in [-0.3, -0.25) is 4.79 Å². The van der Waals surface area contributed by atoms with Gasteiger partial charge in [-0.2, -0.15) is 0 Å². The number of rotatable bonds is 4. The smallest absolute Gasteiger partial charge is 0.254 e. The SMILES string of the molecule is O=C(NCC(O)CO)c1ccoc1. The summed E-state index contributed by atoms with van der Waals surface area (Å²) in [7, 11) is 0. The molecule has 0 fully saturated rings. The van der Waals surface area contributed by atoms with E-state index in [4.69, 9.17) is 14.6 Å². The van der Waals surface area contributed by atoms with Gasteiger partial charge in [-0.1, -0.05) is 0 Å². The van der Waals surface area contributed by atoms with Crippen molar-refractivity contribution in [3.63, 3.8) is 0 Å². The molecule has 1 rings (SSSR count). The molecule has 1 amide bonds. The molecule has 0 spiro atoms. The highest BCUT2D eigenvalue weighted by Crippen LogP contribution is 1.98. The van der Waals surface area contributed by atoms with Crippen molar-refractivity contribution in [3.05, 3.63) is 24.2 Å². The summed E-state index contributed by atoms with van der Waals surface area (Å²) in [5.41, 5.74) is 0.394. The third kappa shape index (κ3) is 2.89. The molecule has 0 saturated heterocycles. The van der Waals surface area contributed by atoms with Crippen LogP contribution >= 0.6 is 0 Å². The monoisotopic (exact) mass is 185 g/mol. The number of aliphatic hydroxyl groups is 2. The first-order chi connectivity index (χ1) is 6.24. The average Bonchev–Trinajstić information content (AvgIpc) is 2.66. The molecular weight excluding hydrogens is 174 g/mol. The molecule has 1 aromatic heterocycles. The maximum absolute atomic E-state index is 11.2. The highest BCUT2D eigenvalue weighted by atomic mass is 16.3. The van der Waals surface area contributed by atoms with Gasteiger partial charge < -0.3 is 19.9 Å². The van der Waals surface area contributed by atoms with Gasteiger partial charge >= 0.3 is 0 Å². The second kappa shape index (κ2) is 4.64. The van der Waals surface area contributed by atoms with Crippen LogP contribution in [0.5, 0.6) is 0 Å². The minimum atomic E-state index is -0.921. The summed E-state index contributed by atoms with van der Waals surface area (Å²) >= 11 is 0. The van der Waals surface area contributed by atoms with Gasteiger partial charge in [0, 0.05) is 6.54 Å². The average molecular weight is 185 g/mol. The molecule has 1 unspecified atom stereocenters. The first-order valence-electron chi connectivity index (χ1n) is 3.83. The molecule has 0 radical (unpaired) electrons. The quantitative estimate of drug-likeness (QED) is 0.582. The highest BCUT2D eigenvalue weighted by Gasteiger charge is 2.08. The summed E-state index contributed by atoms with van der Waals surface area (Å²) in [6, 6.07) is 1.51. The molecule has 1 atom stereocenters. The number of aliphatic hydroxyl groups excluding tert-OH is 2. The Bertz CT molecular complexity index is 257. The van der Waals surface area contributed by atoms with Crippen LogP contribution in [0.15, 0.2) is 23.0 Å². The third-order valence-corrected chi connectivity index (χ3v) is 1.49. The minimum absolute atomic E-state index is 0.0283. The van der Waals surface area contributed by atoms with Gasteiger partial charge in [-0.25, -0.2) is 0 Å². The highest BCUT2D eigenvalue weighted by molar-refractivity contribution is 5.93. The molecule has 0 aliphatic carbocycles. The van der Waals surface area contributed by atoms with E-state index in [1.807, 2.05) is 0 Å². The lowest BCUT2D eigenvalue weighted by Gasteiger charge is -2.07. The Hall–Kier alpha value is -1.33. The first kappa shape index (κ1) is 9.76. The van der Waals surface area contributed by atoms with Crippen LogP contribution in [0.2, 0.25) is 0 Å². The van der Waals surface area contributed by atoms with Crippen molar-refractivity contribution in [2.45, 2.75) is 6.10 Å². The summed E-state index contributed by atoms with van der Waals surface area (Å²) in [5.74, 6) is -0.332. The summed E-state index contributed by atoms with van der Waals surface area (Å²) in [6.07, 6.45) is 1.77. The van der Waals surface area contributed by atoms with Crippen molar-refractivity contribution in [2.75, 3.05) is 13.2 Å². The predicted octanol–water partition coefficient (Wildman–Crippen LogP) is -0.637. The summed E-state index contributed by atoms with van der Waals surface area (Å²) in [4.78, 5) is 11.2. The molecule has 0 aromatic carbocycles. The van der Waals surface area contributed by atoms with Gasteiger partial charge in [0.05, 0.1) is 24.5 Å². The maximum Gasteiger partial charge on any atom is 0.254 e. The van der Waals surface area contributed by atoms with Crippen molar-refractivity contribution in [1.29, 1.82) is 0 Å². The van der Waals surface area contributed by atoms with Crippen molar-refractivity contribution in [3.8, 4) is 0 Å². The lowest BCUT2D eigenvalue weighted by atomic mass is 10.3. The van der Waals surface area contributed by atoms with Crippen LogP contribution in [0.25, 0.3) is 0 Å². The Labute approximate surface area is 75.0 Å². The standard InChI is InChI=1S/C8H11NO4/c10-4-7(11)3-9-8(12)6-1-2-13-5-6/h1-2,5,7,10-11H,3-4H2,(H,9,12). The Morgan fingerprint density at radius 2 is 2.46 bits per heavy atom. The van der Waals surface area contributed by atoms with E-state index in [9.17, 15) is 4.79 Å². The number of furan rings is 1. The van der Waals surface area contributed by atoms with Crippen LogP contribution in [-0.4, -0.2) is 35.4 Å². The van der Waals surface area contributed by atoms with Crippen molar-refractivity contribution in [1.82, 2.24) is 5.32 Å². The van der Waals surface area contributed by atoms with Crippen LogP contribution in [0, 0.1) is 0 Å². The third-order valence-electron chi connectivity index (χ3n) is 1.49. The molecule has 5 nitrogen and oxygen atoms in total. The number of carbonyl (C=O) groups excluding carboxylic acids is 1. The summed E-state index contributed by atoms with van der Waals surface area (Å²) in [6.45, 7) is -0.341. The largest absolute Gasteiger partial charge is 0.472 e. The predicted molar refractivity (Wildman–Crippen MR) is 44.1 cm³/mol. The number of carbonyl (C=O) groups is 1. The van der Waals surface area contributed by atoms with Crippen LogP contribution in [0.3, 0.4) is 0 Å². The van der Waals surface area contributed by atoms with E-state index in [-0.39, 0.29) is 19.1 Å². The van der Waals surface area contributed by atoms with Gasteiger partial charge in [0.1, 0.15) is 6.26 Å². The van der Waals surface area contributed by atoms with E-state index in [0.717, 1.165) is 0 Å². The van der Waals surface area contributed by atoms with E-state index < -0.39 is 6.10 Å². The number of amides is 1. The molecule has 0 aliphatic rings. The number of nitrogens with one attached hydrogen (secondary N) is 1. The second-order valence-corrected chi connectivity index (χ2v) is 2.56. The van der Waals surface area contributed by atoms with E-state index in [2.05, 4.69) is 5.32 Å². The minimum Gasteiger partial charge on any atom is -0.472 e. The topological polar surface area (TPSA) is 82.7 Å². The van der Waals surface area contributed by atoms with E-state index in [0.29, 0.717) is 5.56 Å². The number of hydrogen-bond acceptors (Lipinski definition) is 4. The molecular formula is C8H11NO4. The Kier molecular flexibility index (Phi) is 3.48.